The van der Waals surface area contributed by atoms with Crippen LogP contribution in [0.25, 0.3) is 0 Å². The van der Waals surface area contributed by atoms with Crippen molar-refractivity contribution in [2.24, 2.45) is 0 Å². The van der Waals surface area contributed by atoms with Gasteiger partial charge in [0.25, 0.3) is 0 Å². The van der Waals surface area contributed by atoms with Gasteiger partial charge in [0.2, 0.25) is 5.91 Å². The zero-order chi connectivity index (χ0) is 29.6. The van der Waals surface area contributed by atoms with Gasteiger partial charge in [0, 0.05) is 36.2 Å². The Morgan fingerprint density at radius 2 is 1.40 bits per heavy atom. The zero-order valence-electron chi connectivity index (χ0n) is 23.5. The van der Waals surface area contributed by atoms with Gasteiger partial charge in [-0.25, -0.2) is 4.79 Å². The van der Waals surface area contributed by atoms with E-state index in [-0.39, 0.29) is 18.1 Å². The van der Waals surface area contributed by atoms with Crippen LogP contribution in [0.2, 0.25) is 0 Å². The number of hydrogen-bond donors (Lipinski definition) is 3. The number of aliphatic carboxylic acids is 1. The fraction of sp³-hybridized carbons (Fsp3) is 0.229. The topological polar surface area (TPSA) is 105 Å². The van der Waals surface area contributed by atoms with Gasteiger partial charge in [0.05, 0.1) is 6.61 Å². The number of amides is 1. The smallest absolute Gasteiger partial charge is 0.326 e. The molecule has 4 aromatic rings. The van der Waals surface area contributed by atoms with Crippen LogP contribution in [-0.2, 0) is 22.4 Å². The zero-order valence-corrected chi connectivity index (χ0v) is 23.5. The molecule has 1 amide bonds. The Morgan fingerprint density at radius 1 is 0.738 bits per heavy atom. The molecular weight excluding hydrogens is 528 g/mol. The first-order valence-electron chi connectivity index (χ1n) is 14.2. The molecular formula is C35H36N2O5. The molecule has 4 rings (SSSR count). The van der Waals surface area contributed by atoms with Gasteiger partial charge in [-0.05, 0) is 54.7 Å². The van der Waals surface area contributed by atoms with E-state index in [1.54, 1.807) is 48.5 Å². The van der Waals surface area contributed by atoms with E-state index < -0.39 is 12.0 Å². The number of anilines is 1. The van der Waals surface area contributed by atoms with E-state index in [9.17, 15) is 19.5 Å². The monoisotopic (exact) mass is 564 g/mol. The normalized spacial score (nSPS) is 11.3. The lowest BCUT2D eigenvalue weighted by Crippen LogP contribution is -2.32. The number of ketones is 1. The van der Waals surface area contributed by atoms with E-state index in [1.807, 2.05) is 48.5 Å². The molecule has 7 nitrogen and oxygen atoms in total. The number of carboxylic acid groups (broad SMARTS) is 1. The summed E-state index contributed by atoms with van der Waals surface area (Å²) < 4.78 is 5.79. The molecule has 1 atom stereocenters. The molecule has 0 heterocycles. The largest absolute Gasteiger partial charge is 0.494 e. The predicted octanol–water partition coefficient (Wildman–Crippen LogP) is 5.93. The molecule has 3 N–H and O–H groups in total. The summed E-state index contributed by atoms with van der Waals surface area (Å²) in [5, 5.41) is 15.9. The predicted molar refractivity (Wildman–Crippen MR) is 164 cm³/mol. The van der Waals surface area contributed by atoms with Gasteiger partial charge in [-0.1, -0.05) is 84.9 Å². The summed E-state index contributed by atoms with van der Waals surface area (Å²) in [6, 6.07) is 32.3. The second kappa shape index (κ2) is 15.8. The molecule has 0 spiro atoms. The highest BCUT2D eigenvalue weighted by atomic mass is 16.5. The van der Waals surface area contributed by atoms with Crippen LogP contribution in [0.5, 0.6) is 5.75 Å². The van der Waals surface area contributed by atoms with Gasteiger partial charge in [-0.2, -0.15) is 0 Å². The molecule has 7 heteroatoms. The quantitative estimate of drug-likeness (QED) is 0.115. The molecule has 0 aliphatic rings. The maximum Gasteiger partial charge on any atom is 0.326 e. The first-order valence-corrected chi connectivity index (χ1v) is 14.2. The highest BCUT2D eigenvalue weighted by Crippen LogP contribution is 2.22. The Kier molecular flexibility index (Phi) is 11.3. The second-order valence-electron chi connectivity index (χ2n) is 10.0. The molecule has 0 radical (unpaired) electrons. The lowest BCUT2D eigenvalue weighted by Gasteiger charge is -2.18. The highest BCUT2D eigenvalue weighted by molar-refractivity contribution is 6.12. The summed E-state index contributed by atoms with van der Waals surface area (Å²) in [7, 11) is 0. The molecule has 0 saturated heterocycles. The van der Waals surface area contributed by atoms with Gasteiger partial charge in [0.15, 0.2) is 5.78 Å². The van der Waals surface area contributed by atoms with Crippen LogP contribution >= 0.6 is 0 Å². The van der Waals surface area contributed by atoms with Crippen molar-refractivity contribution in [3.63, 3.8) is 0 Å². The maximum atomic E-state index is 13.0. The van der Waals surface area contributed by atoms with Crippen LogP contribution in [0.4, 0.5) is 5.69 Å². The Bertz CT molecular complexity index is 1440. The SMILES string of the molecule is O=C(CCCc1ccccc1)NCCCOc1ccc(C[C@H](Nc2ccccc2C(=O)c2ccccc2)C(=O)O)cc1. The second-order valence-corrected chi connectivity index (χ2v) is 10.0. The third-order valence-corrected chi connectivity index (χ3v) is 6.82. The lowest BCUT2D eigenvalue weighted by atomic mass is 10.00. The van der Waals surface area contributed by atoms with Gasteiger partial charge >= 0.3 is 5.97 Å². The first-order chi connectivity index (χ1) is 20.5. The fourth-order valence-corrected chi connectivity index (χ4v) is 4.57. The van der Waals surface area contributed by atoms with Gasteiger partial charge in [-0.15, -0.1) is 0 Å². The molecule has 0 aliphatic carbocycles. The highest BCUT2D eigenvalue weighted by Gasteiger charge is 2.21. The summed E-state index contributed by atoms with van der Waals surface area (Å²) in [6.45, 7) is 0.998. The summed E-state index contributed by atoms with van der Waals surface area (Å²) in [6.07, 6.45) is 3.10. The van der Waals surface area contributed by atoms with Gasteiger partial charge in [0.1, 0.15) is 11.8 Å². The number of hydrogen-bond acceptors (Lipinski definition) is 5. The van der Waals surface area contributed by atoms with Crippen molar-refractivity contribution in [1.82, 2.24) is 5.32 Å². The number of para-hydroxylation sites is 1. The summed E-state index contributed by atoms with van der Waals surface area (Å²) in [5.41, 5.74) is 3.48. The van der Waals surface area contributed by atoms with Crippen LogP contribution in [0, 0.1) is 0 Å². The molecule has 0 aromatic heterocycles. The van der Waals surface area contributed by atoms with Crippen molar-refractivity contribution in [1.29, 1.82) is 0 Å². The van der Waals surface area contributed by atoms with Gasteiger partial charge in [-0.3, -0.25) is 9.59 Å². The third kappa shape index (κ3) is 9.34. The van der Waals surface area contributed by atoms with E-state index in [4.69, 9.17) is 4.74 Å². The minimum atomic E-state index is -1.01. The average Bonchev–Trinajstić information content (AvgIpc) is 3.02. The number of ether oxygens (including phenoxy) is 1. The van der Waals surface area contributed by atoms with Crippen LogP contribution in [0.3, 0.4) is 0 Å². The van der Waals surface area contributed by atoms with Crippen LogP contribution in [0.15, 0.2) is 109 Å². The van der Waals surface area contributed by atoms with Crippen LogP contribution in [0.1, 0.15) is 46.3 Å². The number of carbonyl (C=O) groups is 3. The number of aryl methyl sites for hydroxylation is 1. The first kappa shape index (κ1) is 30.1. The molecule has 0 unspecified atom stereocenters. The summed E-state index contributed by atoms with van der Waals surface area (Å²) >= 11 is 0. The Labute approximate surface area is 246 Å². The maximum absolute atomic E-state index is 13.0. The molecule has 216 valence electrons. The van der Waals surface area contributed by atoms with Crippen molar-refractivity contribution in [2.75, 3.05) is 18.5 Å². The van der Waals surface area contributed by atoms with E-state index in [1.165, 1.54) is 5.56 Å². The molecule has 4 aromatic carbocycles. The number of nitrogens with one attached hydrogen (secondary N) is 2. The van der Waals surface area contributed by atoms with Crippen molar-refractivity contribution >= 4 is 23.3 Å². The van der Waals surface area contributed by atoms with Crippen molar-refractivity contribution in [3.8, 4) is 5.75 Å². The van der Waals surface area contributed by atoms with Gasteiger partial charge < -0.3 is 20.5 Å². The minimum absolute atomic E-state index is 0.0453. The summed E-state index contributed by atoms with van der Waals surface area (Å²) in [5.74, 6) is -0.470. The van der Waals surface area contributed by atoms with E-state index in [2.05, 4.69) is 22.8 Å². The molecule has 42 heavy (non-hydrogen) atoms. The number of rotatable bonds is 16. The standard InChI is InChI=1S/C35H36N2O5/c38-33(18-9-13-26-11-3-1-4-12-26)36-23-10-24-42-29-21-19-27(20-22-29)25-32(35(40)41)37-31-17-8-7-16-30(31)34(39)28-14-5-2-6-15-28/h1-8,11-12,14-17,19-22,32,37H,9-10,13,18,23-25H2,(H,36,38)(H,40,41)/t32-/m0/s1. The molecule has 0 saturated carbocycles. The minimum Gasteiger partial charge on any atom is -0.494 e. The number of benzene rings is 4. The van der Waals surface area contributed by atoms with Crippen molar-refractivity contribution in [3.05, 3.63) is 131 Å². The fourth-order valence-electron chi connectivity index (χ4n) is 4.57. The van der Waals surface area contributed by atoms with Crippen LogP contribution in [-0.4, -0.2) is 42.0 Å². The lowest BCUT2D eigenvalue weighted by molar-refractivity contribution is -0.137. The Hall–Kier alpha value is -4.91. The van der Waals surface area contributed by atoms with Crippen molar-refractivity contribution < 1.29 is 24.2 Å². The van der Waals surface area contributed by atoms with E-state index in [0.29, 0.717) is 48.6 Å². The molecule has 0 fully saturated rings. The summed E-state index contributed by atoms with van der Waals surface area (Å²) in [4.78, 5) is 37.2. The Morgan fingerprint density at radius 3 is 2.12 bits per heavy atom. The molecule has 0 aliphatic heterocycles. The number of carbonyl (C=O) groups excluding carboxylic acids is 2. The molecule has 0 bridgehead atoms. The third-order valence-electron chi connectivity index (χ3n) is 6.82. The van der Waals surface area contributed by atoms with Crippen LogP contribution < -0.4 is 15.4 Å². The average molecular weight is 565 g/mol. The Balaban J connectivity index is 1.21. The van der Waals surface area contributed by atoms with E-state index >= 15 is 0 Å². The van der Waals surface area contributed by atoms with Crippen molar-refractivity contribution in [2.45, 2.75) is 38.1 Å². The number of carboxylic acids is 1. The van der Waals surface area contributed by atoms with E-state index in [0.717, 1.165) is 18.4 Å².